The Balaban J connectivity index is 4.27. The van der Waals surface area contributed by atoms with E-state index in [0.717, 1.165) is 122 Å². The lowest BCUT2D eigenvalue weighted by atomic mass is 10.1. The van der Waals surface area contributed by atoms with Gasteiger partial charge in [-0.1, -0.05) is 304 Å². The second-order valence-corrected chi connectivity index (χ2v) is 22.4. The second kappa shape index (κ2) is 67.6. The fraction of sp³-hybridized carbons (Fsp3) is 0.716. The molecule has 0 spiro atoms. The van der Waals surface area contributed by atoms with Crippen molar-refractivity contribution in [2.75, 3.05) is 13.2 Å². The Labute approximate surface area is 495 Å². The monoisotopic (exact) mass is 1110 g/mol. The number of esters is 3. The largest absolute Gasteiger partial charge is 0.462 e. The van der Waals surface area contributed by atoms with E-state index in [1.54, 1.807) is 0 Å². The molecule has 0 aromatic carbocycles. The van der Waals surface area contributed by atoms with Crippen LogP contribution in [0.2, 0.25) is 0 Å². The van der Waals surface area contributed by atoms with Gasteiger partial charge in [0.1, 0.15) is 13.2 Å². The molecule has 0 rings (SSSR count). The summed E-state index contributed by atoms with van der Waals surface area (Å²) in [5.74, 6) is -0.890. The fourth-order valence-electron chi connectivity index (χ4n) is 9.45. The smallest absolute Gasteiger partial charge is 0.306 e. The van der Waals surface area contributed by atoms with Crippen LogP contribution in [0.5, 0.6) is 0 Å². The number of ether oxygens (including phenoxy) is 3. The molecule has 0 aliphatic heterocycles. The van der Waals surface area contributed by atoms with E-state index in [2.05, 4.69) is 130 Å². The third kappa shape index (κ3) is 64.9. The van der Waals surface area contributed by atoms with E-state index in [4.69, 9.17) is 14.2 Å². The lowest BCUT2D eigenvalue weighted by Crippen LogP contribution is -2.30. The van der Waals surface area contributed by atoms with E-state index in [9.17, 15) is 14.4 Å². The molecule has 0 fully saturated rings. The Morgan fingerprint density at radius 1 is 0.263 bits per heavy atom. The van der Waals surface area contributed by atoms with Crippen LogP contribution >= 0.6 is 0 Å². The molecule has 0 bridgehead atoms. The number of carbonyl (C=O) groups excluding carboxylic acids is 3. The van der Waals surface area contributed by atoms with Crippen LogP contribution in [0.25, 0.3) is 0 Å². The van der Waals surface area contributed by atoms with Gasteiger partial charge in [-0.3, -0.25) is 14.4 Å². The van der Waals surface area contributed by atoms with Crippen molar-refractivity contribution < 1.29 is 28.6 Å². The van der Waals surface area contributed by atoms with E-state index < -0.39 is 6.10 Å². The van der Waals surface area contributed by atoms with E-state index in [-0.39, 0.29) is 31.1 Å². The molecule has 1 atom stereocenters. The van der Waals surface area contributed by atoms with Crippen molar-refractivity contribution in [2.24, 2.45) is 0 Å². The maximum absolute atomic E-state index is 12.9. The van der Waals surface area contributed by atoms with Gasteiger partial charge in [-0.05, 0) is 109 Å². The molecule has 80 heavy (non-hydrogen) atoms. The van der Waals surface area contributed by atoms with Crippen LogP contribution < -0.4 is 0 Å². The van der Waals surface area contributed by atoms with E-state index in [1.807, 2.05) is 0 Å². The summed E-state index contributed by atoms with van der Waals surface area (Å²) in [7, 11) is 0. The minimum atomic E-state index is -0.785. The molecule has 0 aromatic rings. The first kappa shape index (κ1) is 76.1. The topological polar surface area (TPSA) is 78.9 Å². The minimum Gasteiger partial charge on any atom is -0.462 e. The molecular formula is C74H126O6. The lowest BCUT2D eigenvalue weighted by Gasteiger charge is -2.18. The Hall–Kier alpha value is -3.93. The van der Waals surface area contributed by atoms with Gasteiger partial charge in [-0.25, -0.2) is 0 Å². The molecule has 6 nitrogen and oxygen atoms in total. The third-order valence-corrected chi connectivity index (χ3v) is 14.5. The van der Waals surface area contributed by atoms with Gasteiger partial charge in [0.25, 0.3) is 0 Å². The van der Waals surface area contributed by atoms with Crippen LogP contribution in [0, 0.1) is 0 Å². The Kier molecular flexibility index (Phi) is 64.3. The van der Waals surface area contributed by atoms with Crippen LogP contribution in [0.15, 0.2) is 109 Å². The zero-order valence-corrected chi connectivity index (χ0v) is 52.6. The normalized spacial score (nSPS) is 12.8. The van der Waals surface area contributed by atoms with Crippen LogP contribution in [-0.4, -0.2) is 37.2 Å². The number of unbranched alkanes of at least 4 members (excludes halogenated alkanes) is 32. The first-order chi connectivity index (χ1) is 39.5. The number of carbonyl (C=O) groups is 3. The number of rotatable bonds is 61. The van der Waals surface area contributed by atoms with E-state index in [1.165, 1.54) is 161 Å². The quantitative estimate of drug-likeness (QED) is 0.0261. The second-order valence-electron chi connectivity index (χ2n) is 22.4. The van der Waals surface area contributed by atoms with Gasteiger partial charge in [-0.2, -0.15) is 0 Å². The summed E-state index contributed by atoms with van der Waals surface area (Å²) < 4.78 is 16.9. The van der Waals surface area contributed by atoms with E-state index >= 15 is 0 Å². The van der Waals surface area contributed by atoms with Crippen LogP contribution in [0.4, 0.5) is 0 Å². The van der Waals surface area contributed by atoms with Crippen molar-refractivity contribution in [3.63, 3.8) is 0 Å². The standard InChI is InChI=1S/C74H126O6/c1-4-7-10-13-16-19-22-24-26-28-30-32-33-34-35-36-37-38-39-40-41-43-44-46-48-50-52-55-58-61-64-67-73(76)79-70-71(69-78-72(75)66-63-60-57-54-21-18-15-12-9-6-3)80-74(77)68-65-62-59-56-53-51-49-47-45-42-31-29-27-25-23-20-17-14-11-8-5-2/h7,10,16,19,24,26,29-32,34-35,37-38,40-41,44,46,71H,4-6,8-9,11-15,17-18,20-23,25,27-28,33,36,39,42-43,45,47-70H2,1-3H3/b10-7-,19-16-,26-24-,31-29-,32-30-,35-34-,38-37-,41-40-,46-44-. The zero-order chi connectivity index (χ0) is 57.8. The van der Waals surface area contributed by atoms with E-state index in [0.29, 0.717) is 19.3 Å². The molecule has 0 heterocycles. The average molecular weight is 1110 g/mol. The molecule has 0 saturated heterocycles. The van der Waals surface area contributed by atoms with Gasteiger partial charge < -0.3 is 14.2 Å². The van der Waals surface area contributed by atoms with Crippen LogP contribution in [0.3, 0.4) is 0 Å². The van der Waals surface area contributed by atoms with Crippen LogP contribution in [0.1, 0.15) is 323 Å². The molecule has 0 aromatic heterocycles. The predicted octanol–water partition coefficient (Wildman–Crippen LogP) is 23.4. The van der Waals surface area contributed by atoms with Gasteiger partial charge in [0.05, 0.1) is 0 Å². The molecular weight excluding hydrogens is 985 g/mol. The van der Waals surface area contributed by atoms with Crippen molar-refractivity contribution in [1.29, 1.82) is 0 Å². The van der Waals surface area contributed by atoms with Crippen molar-refractivity contribution in [1.82, 2.24) is 0 Å². The summed E-state index contributed by atoms with van der Waals surface area (Å²) in [6, 6.07) is 0. The highest BCUT2D eigenvalue weighted by atomic mass is 16.6. The third-order valence-electron chi connectivity index (χ3n) is 14.5. The highest BCUT2D eigenvalue weighted by molar-refractivity contribution is 5.71. The molecule has 0 radical (unpaired) electrons. The Bertz CT molecular complexity index is 1610. The fourth-order valence-corrected chi connectivity index (χ4v) is 9.45. The summed E-state index contributed by atoms with van der Waals surface area (Å²) in [4.78, 5) is 38.3. The van der Waals surface area contributed by atoms with Crippen molar-refractivity contribution in [2.45, 2.75) is 329 Å². The maximum Gasteiger partial charge on any atom is 0.306 e. The number of hydrogen-bond acceptors (Lipinski definition) is 6. The molecule has 0 N–H and O–H groups in total. The molecule has 458 valence electrons. The highest BCUT2D eigenvalue weighted by Gasteiger charge is 2.19. The Morgan fingerprint density at radius 2 is 0.487 bits per heavy atom. The average Bonchev–Trinajstić information content (AvgIpc) is 3.46. The van der Waals surface area contributed by atoms with Gasteiger partial charge in [0, 0.05) is 19.3 Å². The predicted molar refractivity (Wildman–Crippen MR) is 348 cm³/mol. The molecule has 0 amide bonds. The van der Waals surface area contributed by atoms with Crippen LogP contribution in [-0.2, 0) is 28.6 Å². The zero-order valence-electron chi connectivity index (χ0n) is 52.6. The number of hydrogen-bond donors (Lipinski definition) is 0. The first-order valence-corrected chi connectivity index (χ1v) is 33.9. The molecule has 6 heteroatoms. The number of allylic oxidation sites excluding steroid dienone is 18. The van der Waals surface area contributed by atoms with Crippen molar-refractivity contribution in [3.05, 3.63) is 109 Å². The first-order valence-electron chi connectivity index (χ1n) is 33.9. The molecule has 1 unspecified atom stereocenters. The summed E-state index contributed by atoms with van der Waals surface area (Å²) in [5.41, 5.74) is 0. The van der Waals surface area contributed by atoms with Gasteiger partial charge in [-0.15, -0.1) is 0 Å². The molecule has 0 saturated carbocycles. The Morgan fingerprint density at radius 3 is 0.775 bits per heavy atom. The molecule has 0 aliphatic carbocycles. The van der Waals surface area contributed by atoms with Crippen molar-refractivity contribution in [3.8, 4) is 0 Å². The summed E-state index contributed by atoms with van der Waals surface area (Å²) >= 11 is 0. The van der Waals surface area contributed by atoms with Crippen molar-refractivity contribution >= 4 is 17.9 Å². The lowest BCUT2D eigenvalue weighted by molar-refractivity contribution is -0.167. The summed E-state index contributed by atoms with van der Waals surface area (Å²) in [5, 5.41) is 0. The molecule has 0 aliphatic rings. The van der Waals surface area contributed by atoms with Gasteiger partial charge in [0.15, 0.2) is 6.10 Å². The SMILES string of the molecule is CC/C=C\C/C=C\C/C=C\C/C=C\C/C=C\C/C=C\C/C=C\C/C=C\CCCCCCCCC(=O)OCC(COC(=O)CCCCCCCCCCCC)OC(=O)CCCCCCCCCCC/C=C\CCCCCCCCCC. The van der Waals surface area contributed by atoms with Gasteiger partial charge >= 0.3 is 17.9 Å². The van der Waals surface area contributed by atoms with Gasteiger partial charge in [0.2, 0.25) is 0 Å². The summed E-state index contributed by atoms with van der Waals surface area (Å²) in [6.07, 6.45) is 92.5. The maximum atomic E-state index is 12.9. The minimum absolute atomic E-state index is 0.0812. The highest BCUT2D eigenvalue weighted by Crippen LogP contribution is 2.16. The summed E-state index contributed by atoms with van der Waals surface area (Å²) in [6.45, 7) is 6.53.